The molecule has 1 aromatic heterocycles. The van der Waals surface area contributed by atoms with E-state index < -0.39 is 0 Å². The van der Waals surface area contributed by atoms with Crippen LogP contribution in [0.5, 0.6) is 0 Å². The molecule has 0 saturated heterocycles. The predicted octanol–water partition coefficient (Wildman–Crippen LogP) is 19.5. The quantitative estimate of drug-likeness (QED) is 0.150. The topological polar surface area (TPSA) is 11.4 Å². The Morgan fingerprint density at radius 1 is 0.500 bits per heavy atom. The summed E-state index contributed by atoms with van der Waals surface area (Å²) in [4.78, 5) is 7.30. The van der Waals surface area contributed by atoms with Gasteiger partial charge in [0.1, 0.15) is 0 Å². The van der Waals surface area contributed by atoms with E-state index in [-0.39, 0.29) is 5.41 Å². The van der Waals surface area contributed by atoms with Crippen molar-refractivity contribution in [2.45, 2.75) is 36.0 Å². The summed E-state index contributed by atoms with van der Waals surface area (Å²) < 4.78 is 2.37. The highest BCUT2D eigenvalue weighted by Gasteiger charge is 2.37. The maximum absolute atomic E-state index is 4.60. The highest BCUT2D eigenvalue weighted by Crippen LogP contribution is 2.54. The molecular weight excluding hydrogens is 891 g/mol. The number of hydrogen-bond donors (Lipinski definition) is 0. The molecule has 10 aromatic carbocycles. The molecule has 0 unspecified atom stereocenters. The Kier molecular flexibility index (Phi) is 10.5. The number of rotatable bonds is 8. The largest absolute Gasteiger partial charge is 0.310 e. The third kappa shape index (κ3) is 7.13. The lowest BCUT2D eigenvalue weighted by atomic mass is 9.83. The first-order valence-corrected chi connectivity index (χ1v) is 25.6. The van der Waals surface area contributed by atoms with Gasteiger partial charge in [-0.2, -0.15) is 0 Å². The fraction of sp³-hybridized carbons (Fsp3) is 0.0588. The molecule has 0 fully saturated rings. The predicted molar refractivity (Wildman–Crippen MR) is 308 cm³/mol. The molecule has 0 bridgehead atoms. The molecule has 11 aromatic rings. The number of nitrogens with zero attached hydrogens (tertiary/aromatic N) is 3. The molecule has 0 spiro atoms. The van der Waals surface area contributed by atoms with Gasteiger partial charge in [-0.05, 0) is 154 Å². The number of anilines is 6. The van der Waals surface area contributed by atoms with Gasteiger partial charge in [-0.3, -0.25) is 0 Å². The third-order valence-electron chi connectivity index (χ3n) is 14.9. The lowest BCUT2D eigenvalue weighted by molar-refractivity contribution is 0.663. The highest BCUT2D eigenvalue weighted by atomic mass is 32.2. The number of para-hydroxylation sites is 3. The van der Waals surface area contributed by atoms with E-state index in [1.807, 2.05) is 11.8 Å². The maximum Gasteiger partial charge on any atom is 0.0602 e. The smallest absolute Gasteiger partial charge is 0.0602 e. The summed E-state index contributed by atoms with van der Waals surface area (Å²) in [5.41, 5.74) is 19.9. The van der Waals surface area contributed by atoms with Gasteiger partial charge in [0.05, 0.1) is 28.1 Å². The molecule has 0 radical (unpaired) electrons. The first-order valence-electron chi connectivity index (χ1n) is 24.8. The van der Waals surface area contributed by atoms with Crippen molar-refractivity contribution in [2.24, 2.45) is 0 Å². The lowest BCUT2D eigenvalue weighted by Gasteiger charge is -2.33. The minimum absolute atomic E-state index is 0.208. The van der Waals surface area contributed by atoms with Crippen molar-refractivity contribution in [1.29, 1.82) is 0 Å². The van der Waals surface area contributed by atoms with Gasteiger partial charge in [0.15, 0.2) is 0 Å². The Hall–Kier alpha value is -8.57. The molecule has 1 aliphatic heterocycles. The lowest BCUT2D eigenvalue weighted by Crippen LogP contribution is -2.16. The monoisotopic (exact) mass is 941 g/mol. The number of allylic oxidation sites excluding steroid dienone is 5. The highest BCUT2D eigenvalue weighted by molar-refractivity contribution is 7.99. The van der Waals surface area contributed by atoms with Gasteiger partial charge in [0.2, 0.25) is 0 Å². The van der Waals surface area contributed by atoms with Gasteiger partial charge in [0.25, 0.3) is 0 Å². The molecule has 2 heterocycles. The maximum atomic E-state index is 4.60. The van der Waals surface area contributed by atoms with Gasteiger partial charge < -0.3 is 14.4 Å². The summed E-state index contributed by atoms with van der Waals surface area (Å²) in [5.74, 6) is 0. The first-order chi connectivity index (χ1) is 35.3. The summed E-state index contributed by atoms with van der Waals surface area (Å²) >= 11 is 1.84. The molecular formula is C68H51N3S. The van der Waals surface area contributed by atoms with Gasteiger partial charge >= 0.3 is 0 Å². The van der Waals surface area contributed by atoms with Gasteiger partial charge in [-0.1, -0.05) is 178 Å². The molecule has 0 atom stereocenters. The second kappa shape index (κ2) is 17.4. The van der Waals surface area contributed by atoms with Crippen LogP contribution in [0.4, 0.5) is 34.1 Å². The second-order valence-electron chi connectivity index (χ2n) is 19.4. The third-order valence-corrected chi connectivity index (χ3v) is 16.0. The van der Waals surface area contributed by atoms with Crippen LogP contribution in [-0.2, 0) is 5.41 Å². The normalized spacial score (nSPS) is 14.3. The molecule has 72 heavy (non-hydrogen) atoms. The van der Waals surface area contributed by atoms with E-state index in [0.717, 1.165) is 28.3 Å². The van der Waals surface area contributed by atoms with E-state index in [2.05, 4.69) is 284 Å². The average molecular weight is 942 g/mol. The van der Waals surface area contributed by atoms with Crippen molar-refractivity contribution in [2.75, 3.05) is 9.80 Å². The summed E-state index contributed by atoms with van der Waals surface area (Å²) in [6.45, 7) is 11.3. The molecule has 4 heteroatoms. The Labute approximate surface area is 426 Å². The van der Waals surface area contributed by atoms with Crippen LogP contribution in [0.3, 0.4) is 0 Å². The first kappa shape index (κ1) is 43.5. The zero-order valence-electron chi connectivity index (χ0n) is 40.6. The number of aromatic nitrogens is 1. The SMILES string of the molecule is C=C1/C(=C\C=C/C)c2ccc(N(c3ccc(-c4ccc5c(c4)Sc4ccccc4N5c4ccc(-c5ccc6c(c5)c5ccccc5n6-c5ccccc5)cc4)cc3)c3cccc4ccccc34)cc2C1(C)C. The van der Waals surface area contributed by atoms with E-state index >= 15 is 0 Å². The van der Waals surface area contributed by atoms with Crippen molar-refractivity contribution < 1.29 is 0 Å². The van der Waals surface area contributed by atoms with Gasteiger partial charge in [-0.15, -0.1) is 0 Å². The number of benzene rings is 10. The molecule has 0 N–H and O–H groups in total. The van der Waals surface area contributed by atoms with Crippen LogP contribution >= 0.6 is 11.8 Å². The summed E-state index contributed by atoms with van der Waals surface area (Å²) in [7, 11) is 0. The zero-order chi connectivity index (χ0) is 48.5. The van der Waals surface area contributed by atoms with Crippen molar-refractivity contribution in [1.82, 2.24) is 4.57 Å². The van der Waals surface area contributed by atoms with Gasteiger partial charge in [0, 0.05) is 54.1 Å². The fourth-order valence-corrected chi connectivity index (χ4v) is 12.2. The van der Waals surface area contributed by atoms with E-state index in [1.54, 1.807) is 0 Å². The molecule has 3 nitrogen and oxygen atoms in total. The molecule has 0 saturated carbocycles. The molecule has 2 aliphatic rings. The number of hydrogen-bond acceptors (Lipinski definition) is 3. The molecule has 344 valence electrons. The standard InChI is InChI=1S/C68H51N3S/c1-5-6-21-55-45(2)68(3,4)60-44-54(38-39-57(55)60)69(61-26-16-18-48-17-10-11-22-56(48)61)52-34-28-47(29-35-52)50-33-41-65-67(43-50)72-66-27-15-14-25-64(66)71(65)53-36-30-46(31-37-53)49-32-40-63-59(42-49)58-23-12-13-24-62(58)70(63)51-19-8-7-9-20-51/h5-44H,2H2,1,3-4H3/b6-5-,55-21+. The van der Waals surface area contributed by atoms with Crippen LogP contribution in [0.2, 0.25) is 0 Å². The Morgan fingerprint density at radius 2 is 1.14 bits per heavy atom. The van der Waals surface area contributed by atoms with Crippen LogP contribution < -0.4 is 9.80 Å². The summed E-state index contributed by atoms with van der Waals surface area (Å²) in [6.07, 6.45) is 6.40. The van der Waals surface area contributed by atoms with Crippen molar-refractivity contribution >= 4 is 84.0 Å². The Bertz CT molecular complexity index is 4000. The zero-order valence-corrected chi connectivity index (χ0v) is 41.4. The minimum Gasteiger partial charge on any atom is -0.310 e. The van der Waals surface area contributed by atoms with E-state index in [4.69, 9.17) is 0 Å². The second-order valence-corrected chi connectivity index (χ2v) is 20.5. The van der Waals surface area contributed by atoms with Crippen LogP contribution in [-0.4, -0.2) is 4.57 Å². The van der Waals surface area contributed by atoms with Gasteiger partial charge in [-0.25, -0.2) is 0 Å². The molecule has 0 amide bonds. The fourth-order valence-electron chi connectivity index (χ4n) is 11.1. The Balaban J connectivity index is 0.844. The summed E-state index contributed by atoms with van der Waals surface area (Å²) in [5, 5.41) is 4.92. The van der Waals surface area contributed by atoms with E-state index in [9.17, 15) is 0 Å². The van der Waals surface area contributed by atoms with Crippen LogP contribution in [0, 0.1) is 0 Å². The number of fused-ring (bicyclic) bond motifs is 7. The van der Waals surface area contributed by atoms with E-state index in [0.29, 0.717) is 0 Å². The van der Waals surface area contributed by atoms with Crippen LogP contribution in [0.25, 0.3) is 66.1 Å². The van der Waals surface area contributed by atoms with Crippen molar-refractivity contribution in [3.05, 3.63) is 266 Å². The summed E-state index contributed by atoms with van der Waals surface area (Å²) in [6, 6.07) is 82.4. The molecule has 1 aliphatic carbocycles. The van der Waals surface area contributed by atoms with E-state index in [1.165, 1.54) is 98.4 Å². The van der Waals surface area contributed by atoms with Crippen LogP contribution in [0.15, 0.2) is 265 Å². The van der Waals surface area contributed by atoms with Crippen molar-refractivity contribution in [3.8, 4) is 27.9 Å². The molecule has 13 rings (SSSR count). The average Bonchev–Trinajstić information content (AvgIpc) is 3.86. The minimum atomic E-state index is -0.208. The Morgan fingerprint density at radius 3 is 1.96 bits per heavy atom. The van der Waals surface area contributed by atoms with Crippen molar-refractivity contribution in [3.63, 3.8) is 0 Å². The van der Waals surface area contributed by atoms with Crippen LogP contribution in [0.1, 0.15) is 31.9 Å².